The zero-order valence-electron chi connectivity index (χ0n) is 12.6. The standard InChI is InChI=1S/C16H15NO5S/c1-3-22-16(18)14-10-12(21-2)6-9-15(14)23-13-7-4-11(5-8-13)17(19)20/h4-10H,3H2,1-2H3. The van der Waals surface area contributed by atoms with Crippen molar-refractivity contribution in [2.75, 3.05) is 13.7 Å². The quantitative estimate of drug-likeness (QED) is 0.453. The first-order valence-corrected chi connectivity index (χ1v) is 7.64. The molecule has 7 heteroatoms. The highest BCUT2D eigenvalue weighted by molar-refractivity contribution is 7.99. The van der Waals surface area contributed by atoms with Crippen LogP contribution in [0.2, 0.25) is 0 Å². The largest absolute Gasteiger partial charge is 0.497 e. The number of hydrogen-bond donors (Lipinski definition) is 0. The Morgan fingerprint density at radius 1 is 1.22 bits per heavy atom. The summed E-state index contributed by atoms with van der Waals surface area (Å²) < 4.78 is 10.2. The third kappa shape index (κ3) is 4.23. The molecule has 0 amide bonds. The summed E-state index contributed by atoms with van der Waals surface area (Å²) in [5, 5.41) is 10.7. The van der Waals surface area contributed by atoms with E-state index in [0.29, 0.717) is 16.2 Å². The van der Waals surface area contributed by atoms with E-state index in [1.807, 2.05) is 0 Å². The van der Waals surface area contributed by atoms with Gasteiger partial charge in [0.25, 0.3) is 5.69 Å². The van der Waals surface area contributed by atoms with Gasteiger partial charge in [0.1, 0.15) is 5.75 Å². The number of nitrogens with zero attached hydrogens (tertiary/aromatic N) is 1. The predicted octanol–water partition coefficient (Wildman–Crippen LogP) is 3.93. The smallest absolute Gasteiger partial charge is 0.339 e. The Morgan fingerprint density at radius 2 is 1.91 bits per heavy atom. The Hall–Kier alpha value is -2.54. The minimum Gasteiger partial charge on any atom is -0.497 e. The van der Waals surface area contributed by atoms with Crippen molar-refractivity contribution in [1.29, 1.82) is 0 Å². The average Bonchev–Trinajstić information content (AvgIpc) is 2.56. The van der Waals surface area contributed by atoms with E-state index in [4.69, 9.17) is 9.47 Å². The number of nitro groups is 1. The summed E-state index contributed by atoms with van der Waals surface area (Å²) in [4.78, 5) is 23.8. The monoisotopic (exact) mass is 333 g/mol. The van der Waals surface area contributed by atoms with Crippen LogP contribution in [-0.4, -0.2) is 24.6 Å². The van der Waals surface area contributed by atoms with Crippen molar-refractivity contribution in [2.45, 2.75) is 16.7 Å². The molecule has 0 unspecified atom stereocenters. The second-order valence-corrected chi connectivity index (χ2v) is 5.55. The highest BCUT2D eigenvalue weighted by Gasteiger charge is 2.15. The zero-order valence-corrected chi connectivity index (χ0v) is 13.5. The molecule has 0 saturated carbocycles. The van der Waals surface area contributed by atoms with Crippen LogP contribution < -0.4 is 4.74 Å². The van der Waals surface area contributed by atoms with Crippen molar-refractivity contribution >= 4 is 23.4 Å². The van der Waals surface area contributed by atoms with E-state index in [9.17, 15) is 14.9 Å². The summed E-state index contributed by atoms with van der Waals surface area (Å²) in [6.07, 6.45) is 0. The maximum Gasteiger partial charge on any atom is 0.339 e. The predicted molar refractivity (Wildman–Crippen MR) is 86.2 cm³/mol. The van der Waals surface area contributed by atoms with Crippen molar-refractivity contribution in [2.24, 2.45) is 0 Å². The second-order valence-electron chi connectivity index (χ2n) is 4.44. The topological polar surface area (TPSA) is 78.7 Å². The van der Waals surface area contributed by atoms with E-state index in [-0.39, 0.29) is 12.3 Å². The molecule has 0 aliphatic heterocycles. The molecule has 23 heavy (non-hydrogen) atoms. The van der Waals surface area contributed by atoms with E-state index >= 15 is 0 Å². The van der Waals surface area contributed by atoms with Crippen LogP contribution in [-0.2, 0) is 4.74 Å². The van der Waals surface area contributed by atoms with Crippen molar-refractivity contribution in [3.8, 4) is 5.75 Å². The number of esters is 1. The van der Waals surface area contributed by atoms with E-state index in [1.165, 1.54) is 31.0 Å². The molecule has 0 aliphatic rings. The number of benzene rings is 2. The lowest BCUT2D eigenvalue weighted by Crippen LogP contribution is -2.06. The fourth-order valence-electron chi connectivity index (χ4n) is 1.86. The molecule has 0 fully saturated rings. The van der Waals surface area contributed by atoms with Crippen LogP contribution in [0.5, 0.6) is 5.75 Å². The molecule has 0 aromatic heterocycles. The first kappa shape index (κ1) is 16.8. The molecule has 2 rings (SSSR count). The third-order valence-corrected chi connectivity index (χ3v) is 4.04. The highest BCUT2D eigenvalue weighted by Crippen LogP contribution is 2.33. The van der Waals surface area contributed by atoms with Crippen LogP contribution in [0.25, 0.3) is 0 Å². The molecule has 0 heterocycles. The molecule has 2 aromatic rings. The summed E-state index contributed by atoms with van der Waals surface area (Å²) in [6, 6.07) is 11.3. The van der Waals surface area contributed by atoms with Crippen LogP contribution in [0.3, 0.4) is 0 Å². The van der Waals surface area contributed by atoms with Crippen molar-refractivity contribution in [3.63, 3.8) is 0 Å². The third-order valence-electron chi connectivity index (χ3n) is 2.96. The van der Waals surface area contributed by atoms with Crippen LogP contribution in [0.15, 0.2) is 52.3 Å². The van der Waals surface area contributed by atoms with Crippen LogP contribution in [0.1, 0.15) is 17.3 Å². The first-order valence-electron chi connectivity index (χ1n) is 6.82. The van der Waals surface area contributed by atoms with Crippen LogP contribution in [0, 0.1) is 10.1 Å². The molecular weight excluding hydrogens is 318 g/mol. The lowest BCUT2D eigenvalue weighted by molar-refractivity contribution is -0.384. The highest BCUT2D eigenvalue weighted by atomic mass is 32.2. The number of nitro benzene ring substituents is 1. The summed E-state index contributed by atoms with van der Waals surface area (Å²) >= 11 is 1.33. The summed E-state index contributed by atoms with van der Waals surface area (Å²) in [6.45, 7) is 2.01. The molecule has 0 bridgehead atoms. The van der Waals surface area contributed by atoms with Gasteiger partial charge in [-0.25, -0.2) is 4.79 Å². The normalized spacial score (nSPS) is 10.2. The molecule has 2 aromatic carbocycles. The second kappa shape index (κ2) is 7.64. The Morgan fingerprint density at radius 3 is 2.48 bits per heavy atom. The van der Waals surface area contributed by atoms with Gasteiger partial charge in [-0.15, -0.1) is 0 Å². The first-order chi connectivity index (χ1) is 11.0. The van der Waals surface area contributed by atoms with Crippen LogP contribution in [0.4, 0.5) is 5.69 Å². The number of methoxy groups -OCH3 is 1. The zero-order chi connectivity index (χ0) is 16.8. The maximum atomic E-state index is 12.1. The van der Waals surface area contributed by atoms with E-state index in [0.717, 1.165) is 4.90 Å². The average molecular weight is 333 g/mol. The van der Waals surface area contributed by atoms with Gasteiger partial charge in [-0.05, 0) is 37.3 Å². The van der Waals surface area contributed by atoms with Gasteiger partial charge in [0, 0.05) is 21.9 Å². The Balaban J connectivity index is 2.30. The summed E-state index contributed by atoms with van der Waals surface area (Å²) in [7, 11) is 1.52. The molecule has 0 radical (unpaired) electrons. The number of rotatable bonds is 6. The Labute approximate surface area is 137 Å². The maximum absolute atomic E-state index is 12.1. The molecule has 0 spiro atoms. The van der Waals surface area contributed by atoms with Gasteiger partial charge in [0.15, 0.2) is 0 Å². The molecule has 120 valence electrons. The van der Waals surface area contributed by atoms with Gasteiger partial charge in [0.2, 0.25) is 0 Å². The van der Waals surface area contributed by atoms with E-state index in [1.54, 1.807) is 37.3 Å². The minimum atomic E-state index is -0.453. The van der Waals surface area contributed by atoms with Gasteiger partial charge >= 0.3 is 5.97 Å². The minimum absolute atomic E-state index is 0.0229. The molecule has 0 aliphatic carbocycles. The number of carbonyl (C=O) groups excluding carboxylic acids is 1. The Kier molecular flexibility index (Phi) is 5.59. The van der Waals surface area contributed by atoms with E-state index in [2.05, 4.69) is 0 Å². The fraction of sp³-hybridized carbons (Fsp3) is 0.188. The molecule has 0 saturated heterocycles. The summed E-state index contributed by atoms with van der Waals surface area (Å²) in [5.74, 6) is 0.122. The van der Waals surface area contributed by atoms with Crippen molar-refractivity contribution in [1.82, 2.24) is 0 Å². The molecule has 6 nitrogen and oxygen atoms in total. The molecule has 0 N–H and O–H groups in total. The van der Waals surface area contributed by atoms with Gasteiger partial charge < -0.3 is 9.47 Å². The molecule has 0 atom stereocenters. The fourth-order valence-corrected chi connectivity index (χ4v) is 2.77. The van der Waals surface area contributed by atoms with Crippen LogP contribution >= 0.6 is 11.8 Å². The lowest BCUT2D eigenvalue weighted by atomic mass is 10.2. The number of hydrogen-bond acceptors (Lipinski definition) is 6. The van der Waals surface area contributed by atoms with Gasteiger partial charge in [0.05, 0.1) is 24.2 Å². The van der Waals surface area contributed by atoms with Gasteiger partial charge in [-0.1, -0.05) is 11.8 Å². The number of non-ortho nitro benzene ring substituents is 1. The number of carbonyl (C=O) groups is 1. The van der Waals surface area contributed by atoms with Gasteiger partial charge in [-0.3, -0.25) is 10.1 Å². The van der Waals surface area contributed by atoms with Crippen molar-refractivity contribution < 1.29 is 19.2 Å². The van der Waals surface area contributed by atoms with Crippen molar-refractivity contribution in [3.05, 3.63) is 58.1 Å². The summed E-state index contributed by atoms with van der Waals surface area (Å²) in [5.41, 5.74) is 0.421. The molecular formula is C16H15NO5S. The number of ether oxygens (including phenoxy) is 2. The van der Waals surface area contributed by atoms with E-state index < -0.39 is 10.9 Å². The van der Waals surface area contributed by atoms with Gasteiger partial charge in [-0.2, -0.15) is 0 Å². The Bertz CT molecular complexity index is 715. The lowest BCUT2D eigenvalue weighted by Gasteiger charge is -2.10. The SMILES string of the molecule is CCOC(=O)c1cc(OC)ccc1Sc1ccc([N+](=O)[O-])cc1.